The average Bonchev–Trinajstić information content (AvgIpc) is 2.85. The number of hydrogen-bond donors (Lipinski definition) is 7. The van der Waals surface area contributed by atoms with Crippen LogP contribution in [-0.2, 0) is 30.4 Å². The molecule has 4 amide bonds. The summed E-state index contributed by atoms with van der Waals surface area (Å²) in [5, 5.41) is 17.4. The van der Waals surface area contributed by atoms with E-state index in [0.717, 1.165) is 5.56 Å². The molecule has 0 aliphatic rings. The number of carboxylic acid groups (broad SMARTS) is 1. The van der Waals surface area contributed by atoms with E-state index in [2.05, 4.69) is 16.0 Å². The Balaban J connectivity index is 3.02. The van der Waals surface area contributed by atoms with Gasteiger partial charge in [0.2, 0.25) is 23.6 Å². The Labute approximate surface area is 217 Å². The third kappa shape index (κ3) is 11.4. The number of carbonyl (C=O) groups excluding carboxylic acids is 4. The van der Waals surface area contributed by atoms with Crippen molar-refractivity contribution in [2.45, 2.75) is 76.5 Å². The first kappa shape index (κ1) is 31.5. The molecule has 12 nitrogen and oxygen atoms in total. The number of amides is 4. The zero-order chi connectivity index (χ0) is 28.0. The van der Waals surface area contributed by atoms with Gasteiger partial charge in [0.25, 0.3) is 0 Å². The number of hydrogen-bond acceptors (Lipinski definition) is 7. The summed E-state index contributed by atoms with van der Waals surface area (Å²) < 4.78 is 0. The maximum atomic E-state index is 13.2. The van der Waals surface area contributed by atoms with Crippen molar-refractivity contribution in [2.24, 2.45) is 23.1 Å². The highest BCUT2D eigenvalue weighted by atomic mass is 16.4. The lowest BCUT2D eigenvalue weighted by molar-refractivity contribution is -0.142. The number of carboxylic acids is 1. The Hall–Kier alpha value is -3.51. The molecule has 0 aliphatic heterocycles. The molecule has 37 heavy (non-hydrogen) atoms. The average molecular weight is 521 g/mol. The highest BCUT2D eigenvalue weighted by molar-refractivity contribution is 5.95. The van der Waals surface area contributed by atoms with E-state index in [4.69, 9.17) is 17.2 Å². The summed E-state index contributed by atoms with van der Waals surface area (Å²) in [6, 6.07) is 4.33. The Bertz CT molecular complexity index is 912. The van der Waals surface area contributed by atoms with Crippen LogP contribution in [-0.4, -0.2) is 65.4 Å². The molecular weight excluding hydrogens is 480 g/mol. The van der Waals surface area contributed by atoms with Crippen molar-refractivity contribution in [1.82, 2.24) is 16.0 Å². The molecule has 206 valence electrons. The second-order valence-corrected chi connectivity index (χ2v) is 9.08. The number of rotatable bonds is 17. The first-order chi connectivity index (χ1) is 17.5. The Morgan fingerprint density at radius 3 is 2.08 bits per heavy atom. The summed E-state index contributed by atoms with van der Waals surface area (Å²) in [5.74, 6) is -4.32. The summed E-state index contributed by atoms with van der Waals surface area (Å²) in [5.41, 5.74) is 17.1. The number of carbonyl (C=O) groups is 5. The molecule has 5 unspecified atom stereocenters. The molecular formula is C25H40N6O6. The minimum atomic E-state index is -1.23. The van der Waals surface area contributed by atoms with Crippen LogP contribution in [0.3, 0.4) is 0 Å². The molecule has 5 atom stereocenters. The number of primary amides is 1. The van der Waals surface area contributed by atoms with Gasteiger partial charge in [-0.05, 0) is 37.3 Å². The second kappa shape index (κ2) is 16.3. The smallest absolute Gasteiger partial charge is 0.326 e. The van der Waals surface area contributed by atoms with Crippen LogP contribution in [0.15, 0.2) is 30.3 Å². The largest absolute Gasteiger partial charge is 0.480 e. The maximum Gasteiger partial charge on any atom is 0.326 e. The SMILES string of the molecule is CCC(C)C(NC(=O)C(CCCCN)NC(=O)C(N)CC(N)=O)C(=O)NC(Cc1ccccc1)C(=O)O. The zero-order valence-electron chi connectivity index (χ0n) is 21.4. The van der Waals surface area contributed by atoms with Gasteiger partial charge in [-0.25, -0.2) is 4.79 Å². The Morgan fingerprint density at radius 1 is 0.919 bits per heavy atom. The Morgan fingerprint density at radius 2 is 1.54 bits per heavy atom. The summed E-state index contributed by atoms with van der Waals surface area (Å²) in [4.78, 5) is 61.7. The fourth-order valence-corrected chi connectivity index (χ4v) is 3.62. The van der Waals surface area contributed by atoms with Gasteiger partial charge >= 0.3 is 5.97 Å². The molecule has 0 radical (unpaired) electrons. The molecule has 1 aromatic rings. The van der Waals surface area contributed by atoms with Gasteiger partial charge in [0.15, 0.2) is 0 Å². The molecule has 1 aromatic carbocycles. The van der Waals surface area contributed by atoms with Gasteiger partial charge in [0.05, 0.1) is 12.5 Å². The highest BCUT2D eigenvalue weighted by Gasteiger charge is 2.32. The Kier molecular flexibility index (Phi) is 13.9. The lowest BCUT2D eigenvalue weighted by Crippen LogP contribution is -2.59. The molecule has 0 aromatic heterocycles. The van der Waals surface area contributed by atoms with Crippen molar-refractivity contribution in [3.05, 3.63) is 35.9 Å². The van der Waals surface area contributed by atoms with Gasteiger partial charge in [0, 0.05) is 6.42 Å². The van der Waals surface area contributed by atoms with E-state index in [-0.39, 0.29) is 18.8 Å². The first-order valence-electron chi connectivity index (χ1n) is 12.4. The normalized spacial score (nSPS) is 14.9. The number of benzene rings is 1. The molecule has 0 bridgehead atoms. The molecule has 1 rings (SSSR count). The minimum Gasteiger partial charge on any atom is -0.480 e. The van der Waals surface area contributed by atoms with Crippen LogP contribution in [0.5, 0.6) is 0 Å². The number of nitrogens with two attached hydrogens (primary N) is 3. The predicted octanol–water partition coefficient (Wildman–Crippen LogP) is -0.854. The van der Waals surface area contributed by atoms with Gasteiger partial charge in [0.1, 0.15) is 18.1 Å². The van der Waals surface area contributed by atoms with Gasteiger partial charge < -0.3 is 38.3 Å². The van der Waals surface area contributed by atoms with Crippen LogP contribution in [0.25, 0.3) is 0 Å². The van der Waals surface area contributed by atoms with E-state index >= 15 is 0 Å². The van der Waals surface area contributed by atoms with Crippen LogP contribution in [0.2, 0.25) is 0 Å². The van der Waals surface area contributed by atoms with Crippen LogP contribution in [0, 0.1) is 5.92 Å². The van der Waals surface area contributed by atoms with Crippen LogP contribution in [0.1, 0.15) is 51.5 Å². The van der Waals surface area contributed by atoms with Crippen LogP contribution < -0.4 is 33.2 Å². The van der Waals surface area contributed by atoms with E-state index in [0.29, 0.717) is 25.8 Å². The quantitative estimate of drug-likeness (QED) is 0.128. The third-order valence-corrected chi connectivity index (χ3v) is 6.03. The van der Waals surface area contributed by atoms with Crippen molar-refractivity contribution in [2.75, 3.05) is 6.54 Å². The van der Waals surface area contributed by atoms with E-state index in [1.807, 2.05) is 6.92 Å². The van der Waals surface area contributed by atoms with E-state index in [1.54, 1.807) is 37.3 Å². The highest BCUT2D eigenvalue weighted by Crippen LogP contribution is 2.12. The molecule has 0 saturated heterocycles. The monoisotopic (exact) mass is 520 g/mol. The van der Waals surface area contributed by atoms with E-state index in [1.165, 1.54) is 0 Å². The first-order valence-corrected chi connectivity index (χ1v) is 12.4. The van der Waals surface area contributed by atoms with Crippen molar-refractivity contribution < 1.29 is 29.1 Å². The maximum absolute atomic E-state index is 13.2. The van der Waals surface area contributed by atoms with Crippen LogP contribution in [0.4, 0.5) is 0 Å². The topological polar surface area (TPSA) is 220 Å². The van der Waals surface area contributed by atoms with Gasteiger partial charge in [-0.2, -0.15) is 0 Å². The van der Waals surface area contributed by atoms with E-state index < -0.39 is 60.2 Å². The molecule has 12 heteroatoms. The third-order valence-electron chi connectivity index (χ3n) is 6.03. The fourth-order valence-electron chi connectivity index (χ4n) is 3.62. The van der Waals surface area contributed by atoms with Crippen LogP contribution >= 0.6 is 0 Å². The molecule has 0 spiro atoms. The van der Waals surface area contributed by atoms with Crippen molar-refractivity contribution in [3.8, 4) is 0 Å². The van der Waals surface area contributed by atoms with Crippen molar-refractivity contribution in [1.29, 1.82) is 0 Å². The van der Waals surface area contributed by atoms with Crippen molar-refractivity contribution in [3.63, 3.8) is 0 Å². The minimum absolute atomic E-state index is 0.0681. The summed E-state index contributed by atoms with van der Waals surface area (Å²) in [6.45, 7) is 3.97. The second-order valence-electron chi connectivity index (χ2n) is 9.08. The summed E-state index contributed by atoms with van der Waals surface area (Å²) in [7, 11) is 0. The number of aliphatic carboxylic acids is 1. The van der Waals surface area contributed by atoms with E-state index in [9.17, 15) is 29.1 Å². The molecule has 0 heterocycles. The number of nitrogens with one attached hydrogen (secondary N) is 3. The van der Waals surface area contributed by atoms with Gasteiger partial charge in [-0.15, -0.1) is 0 Å². The van der Waals surface area contributed by atoms with Gasteiger partial charge in [-0.3, -0.25) is 19.2 Å². The summed E-state index contributed by atoms with van der Waals surface area (Å²) in [6.07, 6.45) is 1.53. The molecule has 0 fully saturated rings. The molecule has 10 N–H and O–H groups in total. The lowest BCUT2D eigenvalue weighted by atomic mass is 9.96. The molecule has 0 aliphatic carbocycles. The predicted molar refractivity (Wildman–Crippen MR) is 138 cm³/mol. The lowest BCUT2D eigenvalue weighted by Gasteiger charge is -2.28. The standard InChI is InChI=1S/C25H40N6O6/c1-3-15(2)21(24(35)30-19(25(36)37)13-16-9-5-4-6-10-16)31-23(34)18(11-7-8-12-26)29-22(33)17(27)14-20(28)32/h4-6,9-10,15,17-19,21H,3,7-8,11-14,26-27H2,1-2H3,(H2,28,32)(H,29,33)(H,30,35)(H,31,34)(H,36,37). The zero-order valence-corrected chi connectivity index (χ0v) is 21.4. The van der Waals surface area contributed by atoms with Crippen molar-refractivity contribution >= 4 is 29.6 Å². The summed E-state index contributed by atoms with van der Waals surface area (Å²) >= 11 is 0. The van der Waals surface area contributed by atoms with Gasteiger partial charge in [-0.1, -0.05) is 50.6 Å². The fraction of sp³-hybridized carbons (Fsp3) is 0.560. The number of unbranched alkanes of at least 4 members (excludes halogenated alkanes) is 1. The molecule has 0 saturated carbocycles.